The van der Waals surface area contributed by atoms with Gasteiger partial charge in [-0.2, -0.15) is 0 Å². The summed E-state index contributed by atoms with van der Waals surface area (Å²) in [7, 11) is 2.07. The largest absolute Gasteiger partial charge is 0.347 e. The Labute approximate surface area is 136 Å². The van der Waals surface area contributed by atoms with Gasteiger partial charge in [-0.05, 0) is 64.0 Å². The van der Waals surface area contributed by atoms with Gasteiger partial charge in [0, 0.05) is 22.5 Å². The summed E-state index contributed by atoms with van der Waals surface area (Å²) in [6.07, 6.45) is 2.78. The molecule has 1 fully saturated rings. The van der Waals surface area contributed by atoms with E-state index in [-0.39, 0.29) is 5.91 Å². The molecule has 1 aliphatic rings. The standard InChI is InChI=1S/C16H22Cl2N2O/c1-16(2,13-9-11(17)6-7-14(13)18)19-15(21)10-12-5-4-8-20(12)3/h6-7,9,12H,4-5,8,10H2,1-3H3,(H,19,21)/t12-/m1/s1. The molecule has 0 aromatic heterocycles. The van der Waals surface area contributed by atoms with Crippen molar-refractivity contribution in [2.75, 3.05) is 13.6 Å². The molecule has 0 unspecified atom stereocenters. The first-order chi connectivity index (χ1) is 9.79. The molecule has 1 atom stereocenters. The fourth-order valence-corrected chi connectivity index (χ4v) is 3.42. The molecule has 1 heterocycles. The SMILES string of the molecule is CN1CCC[C@@H]1CC(=O)NC(C)(C)c1cc(Cl)ccc1Cl. The molecule has 0 radical (unpaired) electrons. The molecule has 0 bridgehead atoms. The van der Waals surface area contributed by atoms with Gasteiger partial charge in [-0.1, -0.05) is 23.2 Å². The number of hydrogen-bond donors (Lipinski definition) is 1. The quantitative estimate of drug-likeness (QED) is 0.910. The molecule has 116 valence electrons. The number of halogens is 2. The highest BCUT2D eigenvalue weighted by Gasteiger charge is 2.29. The lowest BCUT2D eigenvalue weighted by Gasteiger charge is -2.29. The van der Waals surface area contributed by atoms with Crippen LogP contribution in [0.2, 0.25) is 10.0 Å². The van der Waals surface area contributed by atoms with E-state index in [9.17, 15) is 4.79 Å². The maximum atomic E-state index is 12.3. The first-order valence-electron chi connectivity index (χ1n) is 7.26. The number of nitrogens with zero attached hydrogens (tertiary/aromatic N) is 1. The maximum absolute atomic E-state index is 12.3. The molecule has 0 saturated carbocycles. The van der Waals surface area contributed by atoms with Crippen LogP contribution in [0.5, 0.6) is 0 Å². The van der Waals surface area contributed by atoms with Crippen LogP contribution in [0.25, 0.3) is 0 Å². The Hall–Kier alpha value is -0.770. The van der Waals surface area contributed by atoms with Crippen molar-refractivity contribution < 1.29 is 4.79 Å². The lowest BCUT2D eigenvalue weighted by atomic mass is 9.93. The minimum absolute atomic E-state index is 0.0507. The third-order valence-electron chi connectivity index (χ3n) is 4.15. The van der Waals surface area contributed by atoms with Crippen LogP contribution in [-0.2, 0) is 10.3 Å². The molecule has 0 spiro atoms. The third kappa shape index (κ3) is 4.12. The zero-order valence-electron chi connectivity index (χ0n) is 12.7. The smallest absolute Gasteiger partial charge is 0.222 e. The highest BCUT2D eigenvalue weighted by Crippen LogP contribution is 2.30. The van der Waals surface area contributed by atoms with E-state index in [2.05, 4.69) is 17.3 Å². The van der Waals surface area contributed by atoms with Gasteiger partial charge in [-0.3, -0.25) is 4.79 Å². The maximum Gasteiger partial charge on any atom is 0.222 e. The van der Waals surface area contributed by atoms with Gasteiger partial charge in [0.2, 0.25) is 5.91 Å². The van der Waals surface area contributed by atoms with Gasteiger partial charge in [0.05, 0.1) is 5.54 Å². The molecule has 1 N–H and O–H groups in total. The van der Waals surface area contributed by atoms with Crippen molar-refractivity contribution in [3.05, 3.63) is 33.8 Å². The molecular formula is C16H22Cl2N2O. The van der Waals surface area contributed by atoms with Crippen molar-refractivity contribution in [2.45, 2.75) is 44.7 Å². The number of amides is 1. The number of nitrogens with one attached hydrogen (secondary N) is 1. The summed E-state index contributed by atoms with van der Waals surface area (Å²) in [6, 6.07) is 5.67. The summed E-state index contributed by atoms with van der Waals surface area (Å²) in [5.74, 6) is 0.0507. The molecule has 5 heteroatoms. The fraction of sp³-hybridized carbons (Fsp3) is 0.562. The van der Waals surface area contributed by atoms with E-state index in [0.717, 1.165) is 24.9 Å². The molecule has 0 aliphatic carbocycles. The third-order valence-corrected chi connectivity index (χ3v) is 4.71. The summed E-state index contributed by atoms with van der Waals surface area (Å²) in [5, 5.41) is 4.31. The Bertz CT molecular complexity index is 531. The van der Waals surface area contributed by atoms with Crippen LogP contribution in [-0.4, -0.2) is 30.4 Å². The average Bonchev–Trinajstić information content (AvgIpc) is 2.77. The molecular weight excluding hydrogens is 307 g/mol. The second-order valence-electron chi connectivity index (χ2n) is 6.28. The van der Waals surface area contributed by atoms with Crippen molar-refractivity contribution in [3.63, 3.8) is 0 Å². The minimum Gasteiger partial charge on any atom is -0.347 e. The topological polar surface area (TPSA) is 32.3 Å². The highest BCUT2D eigenvalue weighted by atomic mass is 35.5. The Morgan fingerprint density at radius 3 is 2.76 bits per heavy atom. The minimum atomic E-state index is -0.545. The van der Waals surface area contributed by atoms with Gasteiger partial charge in [0.25, 0.3) is 0 Å². The highest BCUT2D eigenvalue weighted by molar-refractivity contribution is 6.33. The zero-order chi connectivity index (χ0) is 15.6. The van der Waals surface area contributed by atoms with Crippen LogP contribution in [0.3, 0.4) is 0 Å². The number of carbonyl (C=O) groups is 1. The first kappa shape index (κ1) is 16.6. The number of benzene rings is 1. The lowest BCUT2D eigenvalue weighted by Crippen LogP contribution is -2.43. The van der Waals surface area contributed by atoms with Crippen LogP contribution in [0, 0.1) is 0 Å². The van der Waals surface area contributed by atoms with Gasteiger partial charge in [-0.15, -0.1) is 0 Å². The number of rotatable bonds is 4. The zero-order valence-corrected chi connectivity index (χ0v) is 14.3. The summed E-state index contributed by atoms with van der Waals surface area (Å²) in [4.78, 5) is 14.6. The molecule has 1 aromatic rings. The van der Waals surface area contributed by atoms with E-state index in [1.165, 1.54) is 0 Å². The predicted octanol–water partition coefficient (Wildman–Crippen LogP) is 3.83. The summed E-state index contributed by atoms with van der Waals surface area (Å²) >= 11 is 12.3. The second-order valence-corrected chi connectivity index (χ2v) is 7.12. The van der Waals surface area contributed by atoms with Crippen molar-refractivity contribution >= 4 is 29.1 Å². The molecule has 3 nitrogen and oxygen atoms in total. The van der Waals surface area contributed by atoms with Crippen molar-refractivity contribution in [3.8, 4) is 0 Å². The van der Waals surface area contributed by atoms with Gasteiger partial charge in [0.15, 0.2) is 0 Å². The van der Waals surface area contributed by atoms with Gasteiger partial charge < -0.3 is 10.2 Å². The summed E-state index contributed by atoms with van der Waals surface area (Å²) in [5.41, 5.74) is 0.292. The molecule has 1 amide bonds. The normalized spacial score (nSPS) is 19.8. The van der Waals surface area contributed by atoms with E-state index in [0.29, 0.717) is 22.5 Å². The number of hydrogen-bond acceptors (Lipinski definition) is 2. The number of likely N-dealkylation sites (tertiary alicyclic amines) is 1. The van der Waals surface area contributed by atoms with Crippen LogP contribution in [0.4, 0.5) is 0 Å². The van der Waals surface area contributed by atoms with Crippen LogP contribution >= 0.6 is 23.2 Å². The Morgan fingerprint density at radius 1 is 1.43 bits per heavy atom. The predicted molar refractivity (Wildman–Crippen MR) is 87.9 cm³/mol. The first-order valence-corrected chi connectivity index (χ1v) is 8.02. The molecule has 2 rings (SSSR count). The molecule has 1 aliphatic heterocycles. The van der Waals surface area contributed by atoms with Crippen LogP contribution < -0.4 is 5.32 Å². The average molecular weight is 329 g/mol. The molecule has 1 aromatic carbocycles. The van der Waals surface area contributed by atoms with E-state index in [1.54, 1.807) is 12.1 Å². The Balaban J connectivity index is 2.06. The van der Waals surface area contributed by atoms with E-state index >= 15 is 0 Å². The second kappa shape index (κ2) is 6.55. The van der Waals surface area contributed by atoms with Crippen molar-refractivity contribution in [1.82, 2.24) is 10.2 Å². The van der Waals surface area contributed by atoms with Gasteiger partial charge in [-0.25, -0.2) is 0 Å². The Kier molecular flexibility index (Phi) is 5.18. The number of carbonyl (C=O) groups excluding carboxylic acids is 1. The van der Waals surface area contributed by atoms with Crippen molar-refractivity contribution in [2.24, 2.45) is 0 Å². The van der Waals surface area contributed by atoms with Crippen molar-refractivity contribution in [1.29, 1.82) is 0 Å². The summed E-state index contributed by atoms with van der Waals surface area (Å²) < 4.78 is 0. The van der Waals surface area contributed by atoms with Crippen LogP contribution in [0.15, 0.2) is 18.2 Å². The van der Waals surface area contributed by atoms with Gasteiger partial charge >= 0.3 is 0 Å². The van der Waals surface area contributed by atoms with E-state index < -0.39 is 5.54 Å². The molecule has 21 heavy (non-hydrogen) atoms. The monoisotopic (exact) mass is 328 g/mol. The Morgan fingerprint density at radius 2 is 2.14 bits per heavy atom. The van der Waals surface area contributed by atoms with Gasteiger partial charge in [0.1, 0.15) is 0 Å². The van der Waals surface area contributed by atoms with E-state index in [4.69, 9.17) is 23.2 Å². The lowest BCUT2D eigenvalue weighted by molar-refractivity contribution is -0.123. The molecule has 1 saturated heterocycles. The van der Waals surface area contributed by atoms with E-state index in [1.807, 2.05) is 19.9 Å². The summed E-state index contributed by atoms with van der Waals surface area (Å²) in [6.45, 7) is 4.96. The fourth-order valence-electron chi connectivity index (χ4n) is 2.89. The van der Waals surface area contributed by atoms with Crippen LogP contribution in [0.1, 0.15) is 38.7 Å².